The molecule has 0 fully saturated rings. The molecule has 0 amide bonds. The molecule has 2 aromatic rings. The minimum Gasteiger partial charge on any atom is -0.306 e. The van der Waals surface area contributed by atoms with Crippen molar-refractivity contribution in [3.63, 3.8) is 0 Å². The molecule has 0 aliphatic carbocycles. The molecule has 96 valence electrons. The molecule has 2 atom stereocenters. The Labute approximate surface area is 113 Å². The van der Waals surface area contributed by atoms with Gasteiger partial charge in [-0.15, -0.1) is 0 Å². The summed E-state index contributed by atoms with van der Waals surface area (Å²) in [7, 11) is 0. The molecule has 4 heteroatoms. The van der Waals surface area contributed by atoms with Gasteiger partial charge in [-0.05, 0) is 44.0 Å². The third kappa shape index (κ3) is 3.59. The van der Waals surface area contributed by atoms with Crippen LogP contribution < -0.4 is 5.32 Å². The Kier molecular flexibility index (Phi) is 4.39. The van der Waals surface area contributed by atoms with Gasteiger partial charge in [0.1, 0.15) is 0 Å². The lowest BCUT2D eigenvalue weighted by molar-refractivity contribution is 0.469. The zero-order valence-electron chi connectivity index (χ0n) is 10.7. The molecule has 1 aromatic heterocycles. The van der Waals surface area contributed by atoms with Crippen LogP contribution in [0, 0.1) is 0 Å². The van der Waals surface area contributed by atoms with Crippen LogP contribution in [0.5, 0.6) is 0 Å². The molecule has 0 radical (unpaired) electrons. The third-order valence-electron chi connectivity index (χ3n) is 2.98. The van der Waals surface area contributed by atoms with Gasteiger partial charge in [-0.25, -0.2) is 0 Å². The van der Waals surface area contributed by atoms with Crippen LogP contribution >= 0.6 is 11.6 Å². The van der Waals surface area contributed by atoms with E-state index < -0.39 is 0 Å². The predicted octanol–water partition coefficient (Wildman–Crippen LogP) is 3.34. The van der Waals surface area contributed by atoms with Crippen molar-refractivity contribution in [2.24, 2.45) is 0 Å². The molecule has 3 nitrogen and oxygen atoms in total. The van der Waals surface area contributed by atoms with Crippen LogP contribution in [-0.4, -0.2) is 16.2 Å². The average Bonchev–Trinajstić information content (AvgIpc) is 2.85. The molecule has 18 heavy (non-hydrogen) atoms. The molecular weight excluding hydrogens is 246 g/mol. The molecule has 1 heterocycles. The standard InChI is InChI=1S/C14H18ClN3/c1-10(9-12-3-5-13(15)6-4-12)17-11(2)14-7-8-16-18-14/h3-8,10-11,17H,9H2,1-2H3,(H,16,18). The first-order valence-corrected chi connectivity index (χ1v) is 6.52. The van der Waals surface area contributed by atoms with Crippen molar-refractivity contribution in [3.05, 3.63) is 52.8 Å². The SMILES string of the molecule is CC(Cc1ccc(Cl)cc1)NC(C)c1ccn[nH]1. The van der Waals surface area contributed by atoms with Gasteiger partial charge in [0.25, 0.3) is 0 Å². The molecule has 2 N–H and O–H groups in total. The number of rotatable bonds is 5. The van der Waals surface area contributed by atoms with Crippen molar-refractivity contribution in [3.8, 4) is 0 Å². The van der Waals surface area contributed by atoms with Gasteiger partial charge in [0, 0.05) is 23.3 Å². The fourth-order valence-corrected chi connectivity index (χ4v) is 2.18. The van der Waals surface area contributed by atoms with Crippen LogP contribution in [0.25, 0.3) is 0 Å². The van der Waals surface area contributed by atoms with Crippen LogP contribution in [0.15, 0.2) is 36.5 Å². The number of aromatic amines is 1. The number of H-pyrrole nitrogens is 1. The van der Waals surface area contributed by atoms with Gasteiger partial charge in [0.15, 0.2) is 0 Å². The molecule has 0 saturated carbocycles. The van der Waals surface area contributed by atoms with Crippen molar-refractivity contribution in [1.82, 2.24) is 15.5 Å². The maximum absolute atomic E-state index is 5.87. The minimum absolute atomic E-state index is 0.273. The molecule has 0 bridgehead atoms. The van der Waals surface area contributed by atoms with E-state index in [1.807, 2.05) is 18.2 Å². The normalized spacial score (nSPS) is 14.4. The third-order valence-corrected chi connectivity index (χ3v) is 3.23. The highest BCUT2D eigenvalue weighted by atomic mass is 35.5. The first-order chi connectivity index (χ1) is 8.65. The Balaban J connectivity index is 1.88. The largest absolute Gasteiger partial charge is 0.306 e. The highest BCUT2D eigenvalue weighted by Crippen LogP contribution is 2.13. The maximum atomic E-state index is 5.87. The van der Waals surface area contributed by atoms with E-state index in [0.29, 0.717) is 6.04 Å². The molecule has 0 saturated heterocycles. The van der Waals surface area contributed by atoms with Gasteiger partial charge in [-0.2, -0.15) is 5.10 Å². The Morgan fingerprint density at radius 3 is 2.56 bits per heavy atom. The van der Waals surface area contributed by atoms with Crippen LogP contribution in [0.1, 0.15) is 31.1 Å². The molecule has 0 spiro atoms. The Bertz CT molecular complexity index is 464. The molecule has 1 aromatic carbocycles. The Morgan fingerprint density at radius 2 is 1.94 bits per heavy atom. The second-order valence-corrected chi connectivity index (χ2v) is 5.07. The summed E-state index contributed by atoms with van der Waals surface area (Å²) in [6, 6.07) is 10.7. The smallest absolute Gasteiger partial charge is 0.0518 e. The van der Waals surface area contributed by atoms with Crippen LogP contribution in [-0.2, 0) is 6.42 Å². The summed E-state index contributed by atoms with van der Waals surface area (Å²) in [6.07, 6.45) is 2.76. The molecule has 2 unspecified atom stereocenters. The van der Waals surface area contributed by atoms with Gasteiger partial charge >= 0.3 is 0 Å². The lowest BCUT2D eigenvalue weighted by Gasteiger charge is -2.19. The fraction of sp³-hybridized carbons (Fsp3) is 0.357. The zero-order chi connectivity index (χ0) is 13.0. The number of nitrogens with one attached hydrogen (secondary N) is 2. The summed E-state index contributed by atoms with van der Waals surface area (Å²) < 4.78 is 0. The van der Waals surface area contributed by atoms with Crippen LogP contribution in [0.2, 0.25) is 5.02 Å². The quantitative estimate of drug-likeness (QED) is 0.869. The first kappa shape index (κ1) is 13.1. The van der Waals surface area contributed by atoms with E-state index in [1.165, 1.54) is 5.56 Å². The average molecular weight is 264 g/mol. The van der Waals surface area contributed by atoms with E-state index in [4.69, 9.17) is 11.6 Å². The predicted molar refractivity (Wildman–Crippen MR) is 74.8 cm³/mol. The molecule has 2 rings (SSSR count). The lowest BCUT2D eigenvalue weighted by Crippen LogP contribution is -2.30. The summed E-state index contributed by atoms with van der Waals surface area (Å²) >= 11 is 5.87. The van der Waals surface area contributed by atoms with Crippen molar-refractivity contribution < 1.29 is 0 Å². The van der Waals surface area contributed by atoms with E-state index in [-0.39, 0.29) is 6.04 Å². The number of halogens is 1. The highest BCUT2D eigenvalue weighted by Gasteiger charge is 2.10. The Hall–Kier alpha value is -1.32. The summed E-state index contributed by atoms with van der Waals surface area (Å²) in [5, 5.41) is 11.3. The van der Waals surface area contributed by atoms with Gasteiger partial charge in [0.2, 0.25) is 0 Å². The first-order valence-electron chi connectivity index (χ1n) is 6.15. The maximum Gasteiger partial charge on any atom is 0.0518 e. The van der Waals surface area contributed by atoms with Gasteiger partial charge in [0.05, 0.1) is 5.69 Å². The summed E-state index contributed by atoms with van der Waals surface area (Å²) in [6.45, 7) is 4.31. The fourth-order valence-electron chi connectivity index (χ4n) is 2.06. The van der Waals surface area contributed by atoms with Crippen molar-refractivity contribution in [2.45, 2.75) is 32.4 Å². The highest BCUT2D eigenvalue weighted by molar-refractivity contribution is 6.30. The van der Waals surface area contributed by atoms with Gasteiger partial charge in [-0.1, -0.05) is 23.7 Å². The van der Waals surface area contributed by atoms with E-state index >= 15 is 0 Å². The second-order valence-electron chi connectivity index (χ2n) is 4.63. The van der Waals surface area contributed by atoms with E-state index in [9.17, 15) is 0 Å². The lowest BCUT2D eigenvalue weighted by atomic mass is 10.1. The molecular formula is C14H18ClN3. The van der Waals surface area contributed by atoms with Crippen LogP contribution in [0.3, 0.4) is 0 Å². The van der Waals surface area contributed by atoms with Crippen molar-refractivity contribution >= 4 is 11.6 Å². The van der Waals surface area contributed by atoms with Crippen molar-refractivity contribution in [1.29, 1.82) is 0 Å². The number of hydrogen-bond acceptors (Lipinski definition) is 2. The number of nitrogens with zero attached hydrogens (tertiary/aromatic N) is 1. The van der Waals surface area contributed by atoms with E-state index in [0.717, 1.165) is 17.1 Å². The summed E-state index contributed by atoms with van der Waals surface area (Å²) in [4.78, 5) is 0. The summed E-state index contributed by atoms with van der Waals surface area (Å²) in [5.41, 5.74) is 2.40. The van der Waals surface area contributed by atoms with Gasteiger partial charge in [-0.3, -0.25) is 5.10 Å². The van der Waals surface area contributed by atoms with Crippen molar-refractivity contribution in [2.75, 3.05) is 0 Å². The summed E-state index contributed by atoms with van der Waals surface area (Å²) in [5.74, 6) is 0. The monoisotopic (exact) mass is 263 g/mol. The molecule has 0 aliphatic heterocycles. The topological polar surface area (TPSA) is 40.7 Å². The number of aromatic nitrogens is 2. The Morgan fingerprint density at radius 1 is 1.22 bits per heavy atom. The number of hydrogen-bond donors (Lipinski definition) is 2. The van der Waals surface area contributed by atoms with Gasteiger partial charge < -0.3 is 5.32 Å². The second kappa shape index (κ2) is 6.03. The molecule has 0 aliphatic rings. The van der Waals surface area contributed by atoms with E-state index in [2.05, 4.69) is 41.5 Å². The number of benzene rings is 1. The van der Waals surface area contributed by atoms with E-state index in [1.54, 1.807) is 6.20 Å². The minimum atomic E-state index is 0.273. The van der Waals surface area contributed by atoms with Crippen LogP contribution in [0.4, 0.5) is 0 Å². The zero-order valence-corrected chi connectivity index (χ0v) is 11.4.